The normalized spacial score (nSPS) is 14.8. The molecule has 0 amide bonds. The van der Waals surface area contributed by atoms with E-state index in [0.29, 0.717) is 18.7 Å². The molecule has 0 saturated carbocycles. The first-order valence-corrected chi connectivity index (χ1v) is 5.29. The molecule has 4 nitrogen and oxygen atoms in total. The van der Waals surface area contributed by atoms with Gasteiger partial charge in [-0.05, 0) is 12.8 Å². The molecule has 0 heterocycles. The van der Waals surface area contributed by atoms with Gasteiger partial charge in [-0.1, -0.05) is 0 Å². The second-order valence-corrected chi connectivity index (χ2v) is 4.11. The van der Waals surface area contributed by atoms with Gasteiger partial charge in [0.1, 0.15) is 5.75 Å². The van der Waals surface area contributed by atoms with E-state index >= 15 is 0 Å². The average molecular weight is 203 g/mol. The van der Waals surface area contributed by atoms with E-state index in [2.05, 4.69) is 0 Å². The summed E-state index contributed by atoms with van der Waals surface area (Å²) in [5.41, 5.74) is 0. The van der Waals surface area contributed by atoms with Crippen LogP contribution in [0, 0.1) is 0 Å². The standard InChI is InChI=1S/C5H11ClO4S/c6-3-1-2-5(7)4-11(8,9)10/h5,7H,1-4H2,(H,8,9,10). The highest BCUT2D eigenvalue weighted by molar-refractivity contribution is 7.85. The fourth-order valence-electron chi connectivity index (χ4n) is 0.639. The second kappa shape index (κ2) is 4.92. The van der Waals surface area contributed by atoms with Gasteiger partial charge < -0.3 is 5.11 Å². The molecule has 0 aliphatic carbocycles. The lowest BCUT2D eigenvalue weighted by Crippen LogP contribution is -2.20. The summed E-state index contributed by atoms with van der Waals surface area (Å²) in [5.74, 6) is -0.230. The van der Waals surface area contributed by atoms with E-state index in [1.807, 2.05) is 0 Å². The quantitative estimate of drug-likeness (QED) is 0.495. The third-order valence-electron chi connectivity index (χ3n) is 1.07. The van der Waals surface area contributed by atoms with Gasteiger partial charge in [-0.3, -0.25) is 4.55 Å². The maximum Gasteiger partial charge on any atom is 0.267 e. The lowest BCUT2D eigenvalue weighted by molar-refractivity contribution is 0.184. The molecule has 0 radical (unpaired) electrons. The number of hydrogen-bond donors (Lipinski definition) is 2. The van der Waals surface area contributed by atoms with Crippen molar-refractivity contribution >= 4 is 21.7 Å². The largest absolute Gasteiger partial charge is 0.392 e. The maximum atomic E-state index is 10.2. The van der Waals surface area contributed by atoms with E-state index in [1.165, 1.54) is 0 Å². The molecule has 0 fully saturated rings. The summed E-state index contributed by atoms with van der Waals surface area (Å²) in [6.07, 6.45) is -0.176. The average Bonchev–Trinajstić information content (AvgIpc) is 1.79. The van der Waals surface area contributed by atoms with E-state index < -0.39 is 22.0 Å². The molecule has 0 rings (SSSR count). The molecule has 68 valence electrons. The zero-order chi connectivity index (χ0) is 8.91. The molecular weight excluding hydrogens is 192 g/mol. The van der Waals surface area contributed by atoms with Crippen LogP contribution in [0.4, 0.5) is 0 Å². The number of aliphatic hydroxyl groups is 1. The molecule has 0 bridgehead atoms. The van der Waals surface area contributed by atoms with E-state index in [0.717, 1.165) is 0 Å². The van der Waals surface area contributed by atoms with Crippen LogP contribution in [0.5, 0.6) is 0 Å². The molecule has 1 atom stereocenters. The summed E-state index contributed by atoms with van der Waals surface area (Å²) in [6.45, 7) is 0. The van der Waals surface area contributed by atoms with Gasteiger partial charge in [0.25, 0.3) is 10.1 Å². The molecule has 1 unspecified atom stereocenters. The van der Waals surface area contributed by atoms with Gasteiger partial charge in [-0.25, -0.2) is 0 Å². The Balaban J connectivity index is 3.61. The molecule has 0 aromatic rings. The first kappa shape index (κ1) is 11.2. The Labute approximate surface area is 70.9 Å². The topological polar surface area (TPSA) is 74.6 Å². The van der Waals surface area contributed by atoms with E-state index in [-0.39, 0.29) is 0 Å². The van der Waals surface area contributed by atoms with Crippen LogP contribution in [-0.4, -0.2) is 35.8 Å². The Morgan fingerprint density at radius 3 is 2.36 bits per heavy atom. The summed E-state index contributed by atoms with van der Waals surface area (Å²) in [4.78, 5) is 0. The predicted octanol–water partition coefficient (Wildman–Crippen LogP) is 0.254. The lowest BCUT2D eigenvalue weighted by atomic mass is 10.2. The van der Waals surface area contributed by atoms with Crippen LogP contribution >= 0.6 is 11.6 Å². The van der Waals surface area contributed by atoms with Crippen molar-refractivity contribution < 1.29 is 18.1 Å². The third kappa shape index (κ3) is 8.06. The maximum absolute atomic E-state index is 10.2. The molecule has 6 heteroatoms. The van der Waals surface area contributed by atoms with Gasteiger partial charge >= 0.3 is 0 Å². The summed E-state index contributed by atoms with van der Waals surface area (Å²) in [6, 6.07) is 0. The summed E-state index contributed by atoms with van der Waals surface area (Å²) < 4.78 is 28.6. The van der Waals surface area contributed by atoms with Crippen molar-refractivity contribution in [3.05, 3.63) is 0 Å². The Bertz CT molecular complexity index is 189. The van der Waals surface area contributed by atoms with Crippen molar-refractivity contribution in [2.75, 3.05) is 11.6 Å². The zero-order valence-corrected chi connectivity index (χ0v) is 7.48. The number of rotatable bonds is 5. The monoisotopic (exact) mass is 202 g/mol. The van der Waals surface area contributed by atoms with Crippen LogP contribution < -0.4 is 0 Å². The third-order valence-corrected chi connectivity index (χ3v) is 2.15. The van der Waals surface area contributed by atoms with Crippen LogP contribution in [0.1, 0.15) is 12.8 Å². The Morgan fingerprint density at radius 2 is 2.00 bits per heavy atom. The van der Waals surface area contributed by atoms with Gasteiger partial charge in [0.05, 0.1) is 6.10 Å². The highest BCUT2D eigenvalue weighted by atomic mass is 35.5. The minimum atomic E-state index is -4.05. The van der Waals surface area contributed by atoms with E-state index in [4.69, 9.17) is 21.3 Å². The van der Waals surface area contributed by atoms with Crippen molar-refractivity contribution in [2.24, 2.45) is 0 Å². The molecule has 0 aliphatic rings. The minimum absolute atomic E-state index is 0.295. The van der Waals surface area contributed by atoms with Crippen LogP contribution in [-0.2, 0) is 10.1 Å². The van der Waals surface area contributed by atoms with Crippen LogP contribution in [0.3, 0.4) is 0 Å². The molecule has 2 N–H and O–H groups in total. The number of alkyl halides is 1. The van der Waals surface area contributed by atoms with Crippen molar-refractivity contribution in [3.63, 3.8) is 0 Å². The zero-order valence-electron chi connectivity index (χ0n) is 5.90. The molecule has 11 heavy (non-hydrogen) atoms. The highest BCUT2D eigenvalue weighted by Gasteiger charge is 2.12. The van der Waals surface area contributed by atoms with Crippen molar-refractivity contribution in [1.29, 1.82) is 0 Å². The molecular formula is C5H11ClO4S. The minimum Gasteiger partial charge on any atom is -0.392 e. The van der Waals surface area contributed by atoms with Crippen LogP contribution in [0.2, 0.25) is 0 Å². The summed E-state index contributed by atoms with van der Waals surface area (Å²) >= 11 is 5.29. The Kier molecular flexibility index (Phi) is 4.99. The molecule has 0 spiro atoms. The molecule has 0 aromatic heterocycles. The van der Waals surface area contributed by atoms with E-state index in [9.17, 15) is 8.42 Å². The highest BCUT2D eigenvalue weighted by Crippen LogP contribution is 2.00. The van der Waals surface area contributed by atoms with Gasteiger partial charge in [0.2, 0.25) is 0 Å². The smallest absolute Gasteiger partial charge is 0.267 e. The summed E-state index contributed by atoms with van der Waals surface area (Å²) in [5, 5.41) is 8.92. The van der Waals surface area contributed by atoms with Crippen molar-refractivity contribution in [3.8, 4) is 0 Å². The van der Waals surface area contributed by atoms with Crippen molar-refractivity contribution in [1.82, 2.24) is 0 Å². The van der Waals surface area contributed by atoms with Gasteiger partial charge in [0.15, 0.2) is 0 Å². The number of halogens is 1. The number of hydrogen-bond acceptors (Lipinski definition) is 3. The first-order valence-electron chi connectivity index (χ1n) is 3.15. The van der Waals surface area contributed by atoms with Gasteiger partial charge in [-0.2, -0.15) is 8.42 Å². The first-order chi connectivity index (χ1) is 4.95. The molecule has 0 saturated heterocycles. The summed E-state index contributed by atoms with van der Waals surface area (Å²) in [7, 11) is -4.05. The van der Waals surface area contributed by atoms with Crippen LogP contribution in [0.25, 0.3) is 0 Å². The fourth-order valence-corrected chi connectivity index (χ4v) is 1.45. The second-order valence-electron chi connectivity index (χ2n) is 2.23. The Morgan fingerprint density at radius 1 is 1.45 bits per heavy atom. The fraction of sp³-hybridized carbons (Fsp3) is 1.00. The SMILES string of the molecule is O=S(=O)(O)CC(O)CCCCl. The van der Waals surface area contributed by atoms with Gasteiger partial charge in [-0.15, -0.1) is 11.6 Å². The van der Waals surface area contributed by atoms with E-state index in [1.54, 1.807) is 0 Å². The Hall–Kier alpha value is 0.160. The van der Waals surface area contributed by atoms with Gasteiger partial charge in [0, 0.05) is 5.88 Å². The number of aliphatic hydroxyl groups excluding tert-OH is 1. The molecule has 0 aliphatic heterocycles. The lowest BCUT2D eigenvalue weighted by Gasteiger charge is -2.05. The molecule has 0 aromatic carbocycles. The van der Waals surface area contributed by atoms with Crippen LogP contribution in [0.15, 0.2) is 0 Å². The predicted molar refractivity (Wildman–Crippen MR) is 42.4 cm³/mol. The van der Waals surface area contributed by atoms with Crippen molar-refractivity contribution in [2.45, 2.75) is 18.9 Å².